The fourth-order valence-electron chi connectivity index (χ4n) is 1.91. The molecular weight excluding hydrogens is 300 g/mol. The number of carbonyl (C=O) groups excluding carboxylic acids is 2. The van der Waals surface area contributed by atoms with Crippen LogP contribution in [-0.2, 0) is 16.1 Å². The van der Waals surface area contributed by atoms with Gasteiger partial charge in [0.2, 0.25) is 0 Å². The largest absolute Gasteiger partial charge is 0.388 e. The Bertz CT molecular complexity index is 599. The molecule has 0 radical (unpaired) electrons. The van der Waals surface area contributed by atoms with Crippen molar-refractivity contribution in [3.05, 3.63) is 58.3 Å². The normalized spacial score (nSPS) is 11.7. The number of amides is 2. The van der Waals surface area contributed by atoms with Crippen molar-refractivity contribution < 1.29 is 14.7 Å². The third kappa shape index (κ3) is 4.98. The van der Waals surface area contributed by atoms with Crippen molar-refractivity contribution in [2.45, 2.75) is 19.1 Å². The van der Waals surface area contributed by atoms with E-state index in [1.54, 1.807) is 0 Å². The first-order chi connectivity index (χ1) is 10.7. The summed E-state index contributed by atoms with van der Waals surface area (Å²) in [5, 5.41) is 16.9. The van der Waals surface area contributed by atoms with E-state index in [0.717, 1.165) is 10.4 Å². The van der Waals surface area contributed by atoms with Crippen molar-refractivity contribution in [1.82, 2.24) is 10.6 Å². The Morgan fingerprint density at radius 3 is 2.45 bits per heavy atom. The van der Waals surface area contributed by atoms with Crippen LogP contribution in [0.5, 0.6) is 0 Å². The molecule has 3 N–H and O–H groups in total. The Morgan fingerprint density at radius 1 is 1.05 bits per heavy atom. The van der Waals surface area contributed by atoms with E-state index in [9.17, 15) is 14.7 Å². The molecule has 1 heterocycles. The van der Waals surface area contributed by atoms with Gasteiger partial charge in [0, 0.05) is 11.4 Å². The number of rotatable bonds is 6. The van der Waals surface area contributed by atoms with Crippen LogP contribution in [0.15, 0.2) is 47.8 Å². The van der Waals surface area contributed by atoms with Crippen LogP contribution in [-0.4, -0.2) is 23.5 Å². The Kier molecular flexibility index (Phi) is 6.12. The molecule has 0 aliphatic heterocycles. The minimum Gasteiger partial charge on any atom is -0.388 e. The fraction of sp³-hybridized carbons (Fsp3) is 0.250. The van der Waals surface area contributed by atoms with E-state index in [-0.39, 0.29) is 6.54 Å². The molecule has 2 amide bonds. The highest BCUT2D eigenvalue weighted by Crippen LogP contribution is 2.14. The molecule has 1 atom stereocenters. The van der Waals surface area contributed by atoms with Gasteiger partial charge in [-0.2, -0.15) is 0 Å². The van der Waals surface area contributed by atoms with Gasteiger partial charge in [0.25, 0.3) is 0 Å². The van der Waals surface area contributed by atoms with Crippen molar-refractivity contribution in [1.29, 1.82) is 0 Å². The molecule has 116 valence electrons. The number of aliphatic hydroxyl groups excluding tert-OH is 1. The summed E-state index contributed by atoms with van der Waals surface area (Å²) < 4.78 is 0. The molecule has 0 spiro atoms. The maximum absolute atomic E-state index is 11.6. The van der Waals surface area contributed by atoms with Crippen molar-refractivity contribution in [3.8, 4) is 0 Å². The number of thiophene rings is 1. The number of carbonyl (C=O) groups is 2. The van der Waals surface area contributed by atoms with Crippen molar-refractivity contribution >= 4 is 23.2 Å². The summed E-state index contributed by atoms with van der Waals surface area (Å²) in [4.78, 5) is 24.2. The first-order valence-corrected chi connectivity index (χ1v) is 7.86. The number of hydrogen-bond acceptors (Lipinski definition) is 4. The monoisotopic (exact) mass is 318 g/mol. The summed E-state index contributed by atoms with van der Waals surface area (Å²) in [6.45, 7) is 0.581. The SMILES string of the molecule is O=C(NCCC(O)c1ccccc1)C(=O)NCc1cccs1. The maximum atomic E-state index is 11.6. The minimum atomic E-state index is -0.684. The zero-order chi connectivity index (χ0) is 15.8. The Morgan fingerprint density at radius 2 is 1.77 bits per heavy atom. The number of hydrogen-bond donors (Lipinski definition) is 3. The van der Waals surface area contributed by atoms with Crippen LogP contribution in [0.2, 0.25) is 0 Å². The molecule has 0 aliphatic rings. The second-order valence-corrected chi connectivity index (χ2v) is 5.77. The topological polar surface area (TPSA) is 78.4 Å². The molecular formula is C16H18N2O3S. The van der Waals surface area contributed by atoms with Crippen molar-refractivity contribution in [3.63, 3.8) is 0 Å². The van der Waals surface area contributed by atoms with E-state index in [1.165, 1.54) is 11.3 Å². The Labute approximate surface area is 133 Å². The van der Waals surface area contributed by atoms with Crippen LogP contribution in [0.1, 0.15) is 23.0 Å². The highest BCUT2D eigenvalue weighted by Gasteiger charge is 2.14. The van der Waals surface area contributed by atoms with Gasteiger partial charge in [-0.3, -0.25) is 9.59 Å². The second kappa shape index (κ2) is 8.31. The molecule has 1 aromatic heterocycles. The van der Waals surface area contributed by atoms with Crippen LogP contribution in [0, 0.1) is 0 Å². The van der Waals surface area contributed by atoms with Crippen LogP contribution < -0.4 is 10.6 Å². The lowest BCUT2D eigenvalue weighted by molar-refractivity contribution is -0.139. The van der Waals surface area contributed by atoms with Gasteiger partial charge < -0.3 is 15.7 Å². The van der Waals surface area contributed by atoms with Crippen LogP contribution in [0.3, 0.4) is 0 Å². The summed E-state index contributed by atoms with van der Waals surface area (Å²) in [6.07, 6.45) is -0.302. The van der Waals surface area contributed by atoms with E-state index in [1.807, 2.05) is 47.8 Å². The molecule has 2 aromatic rings. The highest BCUT2D eigenvalue weighted by atomic mass is 32.1. The van der Waals surface area contributed by atoms with Gasteiger partial charge >= 0.3 is 11.8 Å². The molecule has 0 saturated heterocycles. The number of benzene rings is 1. The average Bonchev–Trinajstić information content (AvgIpc) is 3.06. The van der Waals surface area contributed by atoms with Gasteiger partial charge in [-0.25, -0.2) is 0 Å². The van der Waals surface area contributed by atoms with Gasteiger partial charge in [0.1, 0.15) is 0 Å². The van der Waals surface area contributed by atoms with E-state index in [0.29, 0.717) is 13.0 Å². The third-order valence-electron chi connectivity index (χ3n) is 3.10. The number of aliphatic hydroxyl groups is 1. The lowest BCUT2D eigenvalue weighted by atomic mass is 10.1. The predicted octanol–water partition coefficient (Wildman–Crippen LogP) is 1.60. The summed E-state index contributed by atoms with van der Waals surface area (Å²) in [7, 11) is 0. The Balaban J connectivity index is 1.67. The summed E-state index contributed by atoms with van der Waals surface area (Å²) in [5.41, 5.74) is 0.791. The third-order valence-corrected chi connectivity index (χ3v) is 3.97. The smallest absolute Gasteiger partial charge is 0.309 e. The first-order valence-electron chi connectivity index (χ1n) is 6.98. The summed E-state index contributed by atoms with van der Waals surface area (Å²) in [5.74, 6) is -1.35. The molecule has 1 aromatic carbocycles. The maximum Gasteiger partial charge on any atom is 0.309 e. The molecule has 2 rings (SSSR count). The van der Waals surface area contributed by atoms with Crippen LogP contribution in [0.25, 0.3) is 0 Å². The summed E-state index contributed by atoms with van der Waals surface area (Å²) >= 11 is 1.52. The quantitative estimate of drug-likeness (QED) is 0.708. The predicted molar refractivity (Wildman–Crippen MR) is 85.2 cm³/mol. The standard InChI is InChI=1S/C16H18N2O3S/c19-14(12-5-2-1-3-6-12)8-9-17-15(20)16(21)18-11-13-7-4-10-22-13/h1-7,10,14,19H,8-9,11H2,(H,17,20)(H,18,21). The molecule has 22 heavy (non-hydrogen) atoms. The molecule has 0 fully saturated rings. The van der Waals surface area contributed by atoms with Gasteiger partial charge in [-0.1, -0.05) is 36.4 Å². The number of nitrogens with one attached hydrogen (secondary N) is 2. The fourth-order valence-corrected chi connectivity index (χ4v) is 2.55. The van der Waals surface area contributed by atoms with Gasteiger partial charge in [-0.05, 0) is 23.4 Å². The van der Waals surface area contributed by atoms with Gasteiger partial charge in [0.05, 0.1) is 12.6 Å². The van der Waals surface area contributed by atoms with Crippen molar-refractivity contribution in [2.75, 3.05) is 6.54 Å². The lowest BCUT2D eigenvalue weighted by Crippen LogP contribution is -2.40. The molecule has 5 nitrogen and oxygen atoms in total. The van der Waals surface area contributed by atoms with Gasteiger partial charge in [0.15, 0.2) is 0 Å². The van der Waals surface area contributed by atoms with E-state index in [2.05, 4.69) is 10.6 Å². The van der Waals surface area contributed by atoms with Crippen LogP contribution in [0.4, 0.5) is 0 Å². The lowest BCUT2D eigenvalue weighted by Gasteiger charge is -2.11. The Hall–Kier alpha value is -2.18. The first kappa shape index (κ1) is 16.2. The van der Waals surface area contributed by atoms with Crippen molar-refractivity contribution in [2.24, 2.45) is 0 Å². The van der Waals surface area contributed by atoms with E-state index >= 15 is 0 Å². The van der Waals surface area contributed by atoms with Gasteiger partial charge in [-0.15, -0.1) is 11.3 Å². The molecule has 1 unspecified atom stereocenters. The van der Waals surface area contributed by atoms with Crippen LogP contribution >= 0.6 is 11.3 Å². The summed E-state index contributed by atoms with van der Waals surface area (Å²) in [6, 6.07) is 13.0. The van der Waals surface area contributed by atoms with E-state index in [4.69, 9.17) is 0 Å². The zero-order valence-corrected chi connectivity index (χ0v) is 12.8. The highest BCUT2D eigenvalue weighted by molar-refractivity contribution is 7.09. The zero-order valence-electron chi connectivity index (χ0n) is 12.0. The minimum absolute atomic E-state index is 0.237. The average molecular weight is 318 g/mol. The second-order valence-electron chi connectivity index (χ2n) is 4.73. The molecule has 6 heteroatoms. The molecule has 0 aliphatic carbocycles. The van der Waals surface area contributed by atoms with E-state index < -0.39 is 17.9 Å². The molecule has 0 bridgehead atoms. The molecule has 0 saturated carbocycles.